The smallest absolute Gasteiger partial charge is 0.0992 e. The van der Waals surface area contributed by atoms with Crippen LogP contribution in [-0.4, -0.2) is 14.5 Å². The minimum atomic E-state index is 0.642. The standard InChI is InChI=1S/C49H28N4/c50-28-30-21-23-39-42-27-32(22-24-43(42)53(44(39)25-30)35-14-2-1-3-15-35)31-12-10-13-33(26-31)47-45-36-16-5-4-11-34(36)29-51-49(45)46-40-19-8-6-17-37(40)38-18-7-9-20-41(38)48(46)52-47/h1-27,29H. The van der Waals surface area contributed by atoms with E-state index in [1.807, 2.05) is 24.4 Å². The molecule has 0 aliphatic heterocycles. The van der Waals surface area contributed by atoms with Gasteiger partial charge < -0.3 is 4.57 Å². The summed E-state index contributed by atoms with van der Waals surface area (Å²) in [5, 5.41) is 21.0. The van der Waals surface area contributed by atoms with Crippen molar-refractivity contribution >= 4 is 75.9 Å². The van der Waals surface area contributed by atoms with Crippen LogP contribution in [0.5, 0.6) is 0 Å². The van der Waals surface area contributed by atoms with E-state index in [1.54, 1.807) is 0 Å². The molecule has 0 radical (unpaired) electrons. The van der Waals surface area contributed by atoms with E-state index in [1.165, 1.54) is 10.8 Å². The zero-order valence-corrected chi connectivity index (χ0v) is 28.5. The summed E-state index contributed by atoms with van der Waals surface area (Å²) < 4.78 is 2.25. The fourth-order valence-electron chi connectivity index (χ4n) is 8.42. The van der Waals surface area contributed by atoms with Gasteiger partial charge in [0.25, 0.3) is 0 Å². The summed E-state index contributed by atoms with van der Waals surface area (Å²) in [7, 11) is 0. The van der Waals surface area contributed by atoms with E-state index in [2.05, 4.69) is 156 Å². The minimum absolute atomic E-state index is 0.642. The Hall–Kier alpha value is -7.35. The van der Waals surface area contributed by atoms with Gasteiger partial charge in [0.1, 0.15) is 0 Å². The van der Waals surface area contributed by atoms with Gasteiger partial charge in [-0.2, -0.15) is 5.26 Å². The Morgan fingerprint density at radius 2 is 1.15 bits per heavy atom. The van der Waals surface area contributed by atoms with Crippen LogP contribution < -0.4 is 0 Å². The minimum Gasteiger partial charge on any atom is -0.309 e. The first kappa shape index (κ1) is 29.4. The number of aromatic nitrogens is 3. The predicted molar refractivity (Wildman–Crippen MR) is 219 cm³/mol. The lowest BCUT2D eigenvalue weighted by Crippen LogP contribution is -1.95. The van der Waals surface area contributed by atoms with Crippen LogP contribution in [0.3, 0.4) is 0 Å². The molecule has 0 N–H and O–H groups in total. The van der Waals surface area contributed by atoms with Gasteiger partial charge in [0.15, 0.2) is 0 Å². The molecule has 0 aliphatic rings. The van der Waals surface area contributed by atoms with Crippen LogP contribution >= 0.6 is 0 Å². The molecule has 0 fully saturated rings. The predicted octanol–water partition coefficient (Wildman–Crippen LogP) is 12.5. The van der Waals surface area contributed by atoms with E-state index in [-0.39, 0.29) is 0 Å². The average Bonchev–Trinajstić information content (AvgIpc) is 3.56. The van der Waals surface area contributed by atoms with Gasteiger partial charge >= 0.3 is 0 Å². The molecule has 244 valence electrons. The zero-order valence-electron chi connectivity index (χ0n) is 28.5. The van der Waals surface area contributed by atoms with E-state index in [9.17, 15) is 5.26 Å². The summed E-state index contributed by atoms with van der Waals surface area (Å²) in [5.74, 6) is 0. The number of benzene rings is 8. The normalized spacial score (nSPS) is 11.8. The van der Waals surface area contributed by atoms with Crippen molar-refractivity contribution in [3.63, 3.8) is 0 Å². The number of fused-ring (bicyclic) bond motifs is 13. The lowest BCUT2D eigenvalue weighted by Gasteiger charge is -2.16. The molecule has 0 unspecified atom stereocenters. The summed E-state index contributed by atoms with van der Waals surface area (Å²) >= 11 is 0. The molecule has 0 amide bonds. The average molecular weight is 673 g/mol. The van der Waals surface area contributed by atoms with E-state index >= 15 is 0 Å². The number of nitriles is 1. The molecule has 0 aliphatic carbocycles. The Balaban J connectivity index is 1.19. The summed E-state index contributed by atoms with van der Waals surface area (Å²) in [6.45, 7) is 0. The van der Waals surface area contributed by atoms with Crippen molar-refractivity contribution in [2.75, 3.05) is 0 Å². The highest BCUT2D eigenvalue weighted by Gasteiger charge is 2.20. The van der Waals surface area contributed by atoms with Crippen LogP contribution in [0.4, 0.5) is 0 Å². The highest BCUT2D eigenvalue weighted by Crippen LogP contribution is 2.43. The monoisotopic (exact) mass is 672 g/mol. The molecule has 3 aromatic heterocycles. The third kappa shape index (κ3) is 4.35. The fraction of sp³-hybridized carbons (Fsp3) is 0. The van der Waals surface area contributed by atoms with Crippen LogP contribution in [0.25, 0.3) is 104 Å². The van der Waals surface area contributed by atoms with Crippen molar-refractivity contribution < 1.29 is 0 Å². The second kappa shape index (κ2) is 11.3. The number of para-hydroxylation sites is 1. The maximum absolute atomic E-state index is 9.76. The second-order valence-electron chi connectivity index (χ2n) is 13.7. The molecule has 4 nitrogen and oxygen atoms in total. The first-order chi connectivity index (χ1) is 26.2. The van der Waals surface area contributed by atoms with Gasteiger partial charge in [0, 0.05) is 49.8 Å². The summed E-state index contributed by atoms with van der Waals surface area (Å²) in [5.41, 5.74) is 9.91. The van der Waals surface area contributed by atoms with Gasteiger partial charge in [-0.15, -0.1) is 0 Å². The fourth-order valence-corrected chi connectivity index (χ4v) is 8.42. The Morgan fingerprint density at radius 1 is 0.453 bits per heavy atom. The number of nitrogens with zero attached hydrogens (tertiary/aromatic N) is 4. The zero-order chi connectivity index (χ0) is 35.0. The van der Waals surface area contributed by atoms with Gasteiger partial charge in [-0.3, -0.25) is 4.98 Å². The lowest BCUT2D eigenvalue weighted by molar-refractivity contribution is 1.18. The van der Waals surface area contributed by atoms with E-state index in [0.29, 0.717) is 5.56 Å². The van der Waals surface area contributed by atoms with Crippen LogP contribution in [0.1, 0.15) is 5.56 Å². The van der Waals surface area contributed by atoms with Gasteiger partial charge in [-0.05, 0) is 75.1 Å². The van der Waals surface area contributed by atoms with E-state index in [4.69, 9.17) is 9.97 Å². The molecule has 0 saturated carbocycles. The quantitative estimate of drug-likeness (QED) is 0.176. The summed E-state index contributed by atoms with van der Waals surface area (Å²) in [4.78, 5) is 10.8. The van der Waals surface area contributed by atoms with Crippen LogP contribution in [-0.2, 0) is 0 Å². The summed E-state index contributed by atoms with van der Waals surface area (Å²) in [6, 6.07) is 59.8. The third-order valence-corrected chi connectivity index (χ3v) is 10.8. The second-order valence-corrected chi connectivity index (χ2v) is 13.7. The molecular formula is C49H28N4. The number of pyridine rings is 2. The number of rotatable bonds is 3. The Labute approximate surface area is 304 Å². The topological polar surface area (TPSA) is 54.5 Å². The van der Waals surface area contributed by atoms with Crippen molar-refractivity contribution in [1.29, 1.82) is 5.26 Å². The van der Waals surface area contributed by atoms with Crippen molar-refractivity contribution in [2.45, 2.75) is 0 Å². The molecule has 11 rings (SSSR count). The molecule has 11 aromatic rings. The number of hydrogen-bond acceptors (Lipinski definition) is 3. The van der Waals surface area contributed by atoms with Crippen LogP contribution in [0.15, 0.2) is 170 Å². The van der Waals surface area contributed by atoms with Gasteiger partial charge in [-0.1, -0.05) is 121 Å². The molecule has 4 heteroatoms. The van der Waals surface area contributed by atoms with Crippen molar-refractivity contribution in [2.24, 2.45) is 0 Å². The Morgan fingerprint density at radius 3 is 1.98 bits per heavy atom. The Kier molecular flexibility index (Phi) is 6.28. The van der Waals surface area contributed by atoms with Crippen molar-refractivity contribution in [3.05, 3.63) is 176 Å². The number of hydrogen-bond donors (Lipinski definition) is 0. The van der Waals surface area contributed by atoms with Crippen LogP contribution in [0.2, 0.25) is 0 Å². The molecular weight excluding hydrogens is 645 g/mol. The largest absolute Gasteiger partial charge is 0.309 e. The molecule has 8 aromatic carbocycles. The molecule has 0 atom stereocenters. The molecule has 0 saturated heterocycles. The third-order valence-electron chi connectivity index (χ3n) is 10.8. The highest BCUT2D eigenvalue weighted by atomic mass is 15.0. The first-order valence-corrected chi connectivity index (χ1v) is 17.8. The maximum Gasteiger partial charge on any atom is 0.0992 e. The summed E-state index contributed by atoms with van der Waals surface area (Å²) in [6.07, 6.45) is 2.00. The maximum atomic E-state index is 9.76. The molecule has 0 bridgehead atoms. The molecule has 53 heavy (non-hydrogen) atoms. The first-order valence-electron chi connectivity index (χ1n) is 17.8. The van der Waals surface area contributed by atoms with E-state index in [0.717, 1.165) is 93.2 Å². The lowest BCUT2D eigenvalue weighted by atomic mass is 9.92. The molecule has 0 spiro atoms. The SMILES string of the molecule is N#Cc1ccc2c3cc(-c4cccc(-c5nc6c7ccccc7c7ccccc7c6c6ncc7ccccc7c56)c4)ccc3n(-c3ccccc3)c2c1. The van der Waals surface area contributed by atoms with Gasteiger partial charge in [0.05, 0.1) is 39.4 Å². The Bertz CT molecular complexity index is 3350. The van der Waals surface area contributed by atoms with Crippen molar-refractivity contribution in [1.82, 2.24) is 14.5 Å². The van der Waals surface area contributed by atoms with Crippen molar-refractivity contribution in [3.8, 4) is 34.1 Å². The van der Waals surface area contributed by atoms with Gasteiger partial charge in [0.2, 0.25) is 0 Å². The van der Waals surface area contributed by atoms with Gasteiger partial charge in [-0.25, -0.2) is 4.98 Å². The highest BCUT2D eigenvalue weighted by molar-refractivity contribution is 6.32. The van der Waals surface area contributed by atoms with Crippen LogP contribution in [0, 0.1) is 11.3 Å². The molecule has 3 heterocycles. The van der Waals surface area contributed by atoms with E-state index < -0.39 is 0 Å².